The molecule has 3 heterocycles. The van der Waals surface area contributed by atoms with E-state index in [1.165, 1.54) is 5.57 Å². The SMILES string of the molecule is Cc1cc(NC(=O)c2cnn(-c3ccccn3)c2C)cnc1C1=CCC(N(C)CC(C)(C)C)CC1. The highest BCUT2D eigenvalue weighted by molar-refractivity contribution is 6.05. The molecule has 7 heteroatoms. The zero-order valence-electron chi connectivity index (χ0n) is 21.7. The lowest BCUT2D eigenvalue weighted by Crippen LogP contribution is -2.38. The standard InChI is InChI=1S/C28H36N6O/c1-19-15-22(32-27(35)24-17-31-34(20(24)2)25-9-7-8-14-29-25)16-30-26(19)21-10-12-23(13-11-21)33(6)18-28(3,4)5/h7-10,14-17,23H,11-13,18H2,1-6H3,(H,32,35). The first kappa shape index (κ1) is 24.8. The van der Waals surface area contributed by atoms with Crippen LogP contribution in [0.1, 0.15) is 67.3 Å². The molecule has 0 bridgehead atoms. The molecule has 0 fully saturated rings. The number of rotatable bonds is 6. The summed E-state index contributed by atoms with van der Waals surface area (Å²) in [6.07, 6.45) is 10.6. The molecule has 0 spiro atoms. The van der Waals surface area contributed by atoms with Gasteiger partial charge < -0.3 is 10.2 Å². The van der Waals surface area contributed by atoms with Gasteiger partial charge in [-0.05, 0) is 74.9 Å². The number of hydrogen-bond donors (Lipinski definition) is 1. The summed E-state index contributed by atoms with van der Waals surface area (Å²) in [6.45, 7) is 11.9. The van der Waals surface area contributed by atoms with Crippen LogP contribution < -0.4 is 5.32 Å². The first-order chi connectivity index (χ1) is 16.6. The van der Waals surface area contributed by atoms with E-state index in [2.05, 4.69) is 61.1 Å². The van der Waals surface area contributed by atoms with E-state index < -0.39 is 0 Å². The molecule has 4 rings (SSSR count). The fourth-order valence-corrected chi connectivity index (χ4v) is 4.83. The molecule has 0 radical (unpaired) electrons. The Labute approximate surface area is 208 Å². The molecule has 1 amide bonds. The van der Waals surface area contributed by atoms with Crippen molar-refractivity contribution >= 4 is 17.2 Å². The fourth-order valence-electron chi connectivity index (χ4n) is 4.83. The molecular weight excluding hydrogens is 436 g/mol. The fraction of sp³-hybridized carbons (Fsp3) is 0.429. The third-order valence-corrected chi connectivity index (χ3v) is 6.49. The molecular formula is C28H36N6O. The summed E-state index contributed by atoms with van der Waals surface area (Å²) >= 11 is 0. The van der Waals surface area contributed by atoms with Crippen molar-refractivity contribution in [1.29, 1.82) is 0 Å². The number of pyridine rings is 2. The van der Waals surface area contributed by atoms with Gasteiger partial charge in [0.2, 0.25) is 0 Å². The highest BCUT2D eigenvalue weighted by Gasteiger charge is 2.24. The first-order valence-electron chi connectivity index (χ1n) is 12.3. The molecule has 1 unspecified atom stereocenters. The minimum absolute atomic E-state index is 0.208. The molecule has 184 valence electrons. The third-order valence-electron chi connectivity index (χ3n) is 6.49. The quantitative estimate of drug-likeness (QED) is 0.517. The zero-order valence-corrected chi connectivity index (χ0v) is 21.7. The third kappa shape index (κ3) is 5.85. The minimum Gasteiger partial charge on any atom is -0.320 e. The number of aryl methyl sites for hydroxylation is 1. The molecule has 7 nitrogen and oxygen atoms in total. The van der Waals surface area contributed by atoms with Crippen molar-refractivity contribution in [1.82, 2.24) is 24.6 Å². The zero-order chi connectivity index (χ0) is 25.2. The van der Waals surface area contributed by atoms with Crippen molar-refractivity contribution in [3.8, 4) is 5.82 Å². The maximum absolute atomic E-state index is 12.9. The number of carbonyl (C=O) groups excluding carboxylic acids is 1. The lowest BCUT2D eigenvalue weighted by molar-refractivity contribution is 0.102. The van der Waals surface area contributed by atoms with Gasteiger partial charge in [0, 0.05) is 18.8 Å². The number of aromatic nitrogens is 4. The average molecular weight is 473 g/mol. The molecule has 3 aromatic rings. The highest BCUT2D eigenvalue weighted by Crippen LogP contribution is 2.31. The molecule has 1 aliphatic rings. The van der Waals surface area contributed by atoms with E-state index in [4.69, 9.17) is 4.98 Å². The van der Waals surface area contributed by atoms with Crippen LogP contribution in [0, 0.1) is 19.3 Å². The van der Waals surface area contributed by atoms with Crippen LogP contribution in [0.2, 0.25) is 0 Å². The van der Waals surface area contributed by atoms with E-state index in [0.717, 1.165) is 42.8 Å². The second-order valence-corrected chi connectivity index (χ2v) is 10.7. The van der Waals surface area contributed by atoms with Crippen molar-refractivity contribution in [3.63, 3.8) is 0 Å². The summed E-state index contributed by atoms with van der Waals surface area (Å²) in [5.74, 6) is 0.471. The molecule has 1 N–H and O–H groups in total. The molecule has 0 saturated carbocycles. The molecule has 3 aromatic heterocycles. The number of allylic oxidation sites excluding steroid dienone is 1. The van der Waals surface area contributed by atoms with Crippen molar-refractivity contribution in [2.24, 2.45) is 5.41 Å². The van der Waals surface area contributed by atoms with Gasteiger partial charge in [-0.1, -0.05) is 32.9 Å². The topological polar surface area (TPSA) is 75.9 Å². The van der Waals surface area contributed by atoms with Crippen molar-refractivity contribution in [3.05, 3.63) is 71.4 Å². The number of hydrogen-bond acceptors (Lipinski definition) is 5. The van der Waals surface area contributed by atoms with Crippen molar-refractivity contribution < 1.29 is 4.79 Å². The van der Waals surface area contributed by atoms with Crippen LogP contribution in [-0.2, 0) is 0 Å². The van der Waals surface area contributed by atoms with Crippen molar-refractivity contribution in [2.75, 3.05) is 18.9 Å². The lowest BCUT2D eigenvalue weighted by atomic mass is 9.89. The van der Waals surface area contributed by atoms with Gasteiger partial charge in [-0.25, -0.2) is 9.67 Å². The Morgan fingerprint density at radius 1 is 1.20 bits per heavy atom. The summed E-state index contributed by atoms with van der Waals surface area (Å²) in [4.78, 5) is 24.5. The van der Waals surface area contributed by atoms with Gasteiger partial charge in [-0.3, -0.25) is 9.78 Å². The van der Waals surface area contributed by atoms with Gasteiger partial charge in [-0.2, -0.15) is 5.10 Å². The summed E-state index contributed by atoms with van der Waals surface area (Å²) < 4.78 is 1.67. The van der Waals surface area contributed by atoms with Crippen LogP contribution in [0.15, 0.2) is 48.9 Å². The van der Waals surface area contributed by atoms with E-state index in [9.17, 15) is 4.79 Å². The van der Waals surface area contributed by atoms with Crippen LogP contribution >= 0.6 is 0 Å². The lowest BCUT2D eigenvalue weighted by Gasteiger charge is -2.35. The molecule has 35 heavy (non-hydrogen) atoms. The summed E-state index contributed by atoms with van der Waals surface area (Å²) in [7, 11) is 2.23. The predicted molar refractivity (Wildman–Crippen MR) is 141 cm³/mol. The Hall–Kier alpha value is -3.32. The number of carbonyl (C=O) groups is 1. The molecule has 0 aromatic carbocycles. The van der Waals surface area contributed by atoms with Crippen molar-refractivity contribution in [2.45, 2.75) is 59.9 Å². The maximum atomic E-state index is 12.9. The van der Waals surface area contributed by atoms with Crippen LogP contribution in [0.3, 0.4) is 0 Å². The summed E-state index contributed by atoms with van der Waals surface area (Å²) in [6, 6.07) is 8.18. The number of anilines is 1. The van der Waals surface area contributed by atoms with Gasteiger partial charge in [0.05, 0.1) is 35.0 Å². The van der Waals surface area contributed by atoms with Gasteiger partial charge in [-0.15, -0.1) is 0 Å². The molecule has 1 atom stereocenters. The summed E-state index contributed by atoms with van der Waals surface area (Å²) in [5, 5.41) is 7.32. The summed E-state index contributed by atoms with van der Waals surface area (Å²) in [5.41, 5.74) is 5.62. The number of nitrogens with one attached hydrogen (secondary N) is 1. The van der Waals surface area contributed by atoms with E-state index >= 15 is 0 Å². The van der Waals surface area contributed by atoms with Gasteiger partial charge in [0.1, 0.15) is 0 Å². The molecule has 0 aliphatic heterocycles. The van der Waals surface area contributed by atoms with Crippen LogP contribution in [0.4, 0.5) is 5.69 Å². The van der Waals surface area contributed by atoms with E-state index in [0.29, 0.717) is 28.5 Å². The second-order valence-electron chi connectivity index (χ2n) is 10.7. The second kappa shape index (κ2) is 10.1. The highest BCUT2D eigenvalue weighted by atomic mass is 16.1. The predicted octanol–water partition coefficient (Wildman–Crippen LogP) is 5.45. The van der Waals surface area contributed by atoms with Crippen LogP contribution in [0.25, 0.3) is 11.4 Å². The maximum Gasteiger partial charge on any atom is 0.259 e. The Morgan fingerprint density at radius 2 is 2.00 bits per heavy atom. The van der Waals surface area contributed by atoms with Gasteiger partial charge in [0.15, 0.2) is 5.82 Å². The number of amides is 1. The van der Waals surface area contributed by atoms with Gasteiger partial charge in [0.25, 0.3) is 5.91 Å². The Morgan fingerprint density at radius 3 is 2.63 bits per heavy atom. The van der Waals surface area contributed by atoms with Crippen LogP contribution in [0.5, 0.6) is 0 Å². The van der Waals surface area contributed by atoms with E-state index in [-0.39, 0.29) is 5.91 Å². The van der Waals surface area contributed by atoms with Gasteiger partial charge >= 0.3 is 0 Å². The Kier molecular flexibility index (Phi) is 7.17. The Balaban J connectivity index is 1.43. The smallest absolute Gasteiger partial charge is 0.259 e. The normalized spacial score (nSPS) is 16.3. The molecule has 1 aliphatic carbocycles. The molecule has 0 saturated heterocycles. The van der Waals surface area contributed by atoms with E-state index in [1.54, 1.807) is 23.3 Å². The number of nitrogens with zero attached hydrogens (tertiary/aromatic N) is 5. The monoisotopic (exact) mass is 472 g/mol. The minimum atomic E-state index is -0.208. The first-order valence-corrected chi connectivity index (χ1v) is 12.3. The van der Waals surface area contributed by atoms with E-state index in [1.807, 2.05) is 31.2 Å². The average Bonchev–Trinajstić information content (AvgIpc) is 3.20. The largest absolute Gasteiger partial charge is 0.320 e. The Bertz CT molecular complexity index is 1220. The van der Waals surface area contributed by atoms with Crippen LogP contribution in [-0.4, -0.2) is 50.2 Å².